The van der Waals surface area contributed by atoms with Crippen molar-refractivity contribution >= 4 is 10.2 Å². The number of nitrogens with zero attached hydrogens (tertiary/aromatic N) is 2. The Kier molecular flexibility index (Phi) is 5.34. The first kappa shape index (κ1) is 18.4. The van der Waals surface area contributed by atoms with Crippen LogP contribution in [0.4, 0.5) is 0 Å². The van der Waals surface area contributed by atoms with Gasteiger partial charge in [0.25, 0.3) is 10.2 Å². The molecule has 3 fully saturated rings. The summed E-state index contributed by atoms with van der Waals surface area (Å²) in [5.41, 5.74) is 1.19. The van der Waals surface area contributed by atoms with Crippen LogP contribution in [0.15, 0.2) is 30.3 Å². The fraction of sp³-hybridized carbons (Fsp3) is 0.684. The van der Waals surface area contributed by atoms with E-state index in [2.05, 4.69) is 28.7 Å². The second-order valence-electron chi connectivity index (χ2n) is 7.98. The van der Waals surface area contributed by atoms with Crippen molar-refractivity contribution in [2.24, 2.45) is 5.92 Å². The molecule has 3 saturated heterocycles. The number of fused-ring (bicyclic) bond motifs is 1. The van der Waals surface area contributed by atoms with Gasteiger partial charge in [0.15, 0.2) is 0 Å². The summed E-state index contributed by atoms with van der Waals surface area (Å²) >= 11 is 0. The standard InChI is InChI=1S/C19H29N3O3S/c1-15-7-9-22(10-8-15)26(23,24)20-17-11-18-14-25-19(13-21(18)12-17)16-5-3-2-4-6-16/h2-6,15,17-20H,7-14H2,1H3/t17-,18+,19-/m1/s1. The molecule has 1 aromatic rings. The number of hydrogen-bond donors (Lipinski definition) is 1. The van der Waals surface area contributed by atoms with E-state index in [4.69, 9.17) is 4.74 Å². The molecule has 0 unspecified atom stereocenters. The molecule has 3 aliphatic heterocycles. The summed E-state index contributed by atoms with van der Waals surface area (Å²) < 4.78 is 36.0. The summed E-state index contributed by atoms with van der Waals surface area (Å²) in [7, 11) is -3.38. The predicted molar refractivity (Wildman–Crippen MR) is 101 cm³/mol. The van der Waals surface area contributed by atoms with Crippen molar-refractivity contribution in [3.05, 3.63) is 35.9 Å². The van der Waals surface area contributed by atoms with Gasteiger partial charge in [0.1, 0.15) is 0 Å². The third-order valence-electron chi connectivity index (χ3n) is 5.99. The van der Waals surface area contributed by atoms with E-state index in [9.17, 15) is 8.42 Å². The Morgan fingerprint density at radius 3 is 2.58 bits per heavy atom. The van der Waals surface area contributed by atoms with Crippen LogP contribution in [0.5, 0.6) is 0 Å². The maximum Gasteiger partial charge on any atom is 0.279 e. The highest BCUT2D eigenvalue weighted by atomic mass is 32.2. The minimum Gasteiger partial charge on any atom is -0.371 e. The van der Waals surface area contributed by atoms with Crippen LogP contribution in [0.25, 0.3) is 0 Å². The van der Waals surface area contributed by atoms with Gasteiger partial charge in [-0.05, 0) is 30.7 Å². The molecule has 0 radical (unpaired) electrons. The molecule has 4 rings (SSSR count). The van der Waals surface area contributed by atoms with Crippen LogP contribution in [-0.2, 0) is 14.9 Å². The molecule has 26 heavy (non-hydrogen) atoms. The summed E-state index contributed by atoms with van der Waals surface area (Å²) in [6.07, 6.45) is 2.80. The fourth-order valence-electron chi connectivity index (χ4n) is 4.34. The third-order valence-corrected chi connectivity index (χ3v) is 7.66. The van der Waals surface area contributed by atoms with E-state index < -0.39 is 10.2 Å². The lowest BCUT2D eigenvalue weighted by molar-refractivity contribution is -0.0502. The average Bonchev–Trinajstić information content (AvgIpc) is 3.03. The average molecular weight is 380 g/mol. The largest absolute Gasteiger partial charge is 0.371 e. The molecule has 1 aromatic carbocycles. The van der Waals surface area contributed by atoms with Gasteiger partial charge < -0.3 is 4.74 Å². The van der Waals surface area contributed by atoms with Crippen molar-refractivity contribution in [1.82, 2.24) is 13.9 Å². The van der Waals surface area contributed by atoms with Crippen molar-refractivity contribution in [3.8, 4) is 0 Å². The van der Waals surface area contributed by atoms with Gasteiger partial charge in [-0.1, -0.05) is 37.3 Å². The first-order valence-electron chi connectivity index (χ1n) is 9.69. The van der Waals surface area contributed by atoms with E-state index in [1.54, 1.807) is 4.31 Å². The number of morpholine rings is 1. The molecule has 0 spiro atoms. The second-order valence-corrected chi connectivity index (χ2v) is 9.68. The summed E-state index contributed by atoms with van der Waals surface area (Å²) in [5, 5.41) is 0. The summed E-state index contributed by atoms with van der Waals surface area (Å²) in [6, 6.07) is 10.6. The van der Waals surface area contributed by atoms with Crippen molar-refractivity contribution in [2.75, 3.05) is 32.8 Å². The van der Waals surface area contributed by atoms with Crippen LogP contribution in [0, 0.1) is 5.92 Å². The molecular weight excluding hydrogens is 350 g/mol. The number of ether oxygens (including phenoxy) is 1. The maximum absolute atomic E-state index is 12.7. The molecular formula is C19H29N3O3S. The maximum atomic E-state index is 12.7. The van der Waals surface area contributed by atoms with Gasteiger partial charge in [-0.15, -0.1) is 0 Å². The molecule has 3 aliphatic rings. The van der Waals surface area contributed by atoms with Gasteiger partial charge in [0, 0.05) is 38.3 Å². The van der Waals surface area contributed by atoms with Crippen LogP contribution in [0.3, 0.4) is 0 Å². The van der Waals surface area contributed by atoms with Crippen LogP contribution in [0.1, 0.15) is 37.9 Å². The molecule has 3 heterocycles. The molecule has 7 heteroatoms. The van der Waals surface area contributed by atoms with E-state index in [1.165, 1.54) is 5.56 Å². The Morgan fingerprint density at radius 2 is 1.85 bits per heavy atom. The molecule has 0 bridgehead atoms. The SMILES string of the molecule is CC1CCN(S(=O)(=O)N[C@@H]2C[C@H]3CO[C@@H](c4ccccc4)CN3C2)CC1. The Balaban J connectivity index is 1.35. The third kappa shape index (κ3) is 3.97. The van der Waals surface area contributed by atoms with Gasteiger partial charge in [-0.3, -0.25) is 4.90 Å². The first-order valence-corrected chi connectivity index (χ1v) is 11.1. The van der Waals surface area contributed by atoms with Crippen molar-refractivity contribution in [1.29, 1.82) is 0 Å². The zero-order chi connectivity index (χ0) is 18.1. The van der Waals surface area contributed by atoms with E-state index in [0.717, 1.165) is 32.4 Å². The predicted octanol–water partition coefficient (Wildman–Crippen LogP) is 1.77. The zero-order valence-electron chi connectivity index (χ0n) is 15.4. The van der Waals surface area contributed by atoms with Crippen molar-refractivity contribution in [2.45, 2.75) is 44.4 Å². The lowest BCUT2D eigenvalue weighted by Crippen LogP contribution is -2.48. The Bertz CT molecular complexity index is 704. The minimum absolute atomic E-state index is 0.0255. The first-order chi connectivity index (χ1) is 12.5. The molecule has 0 saturated carbocycles. The lowest BCUT2D eigenvalue weighted by Gasteiger charge is -2.35. The quantitative estimate of drug-likeness (QED) is 0.866. The van der Waals surface area contributed by atoms with E-state index in [1.807, 2.05) is 18.2 Å². The molecule has 1 N–H and O–H groups in total. The van der Waals surface area contributed by atoms with Crippen LogP contribution in [0.2, 0.25) is 0 Å². The monoisotopic (exact) mass is 379 g/mol. The Labute approximate surface area is 156 Å². The molecule has 0 aromatic heterocycles. The smallest absolute Gasteiger partial charge is 0.279 e. The lowest BCUT2D eigenvalue weighted by atomic mass is 10.0. The van der Waals surface area contributed by atoms with E-state index in [-0.39, 0.29) is 12.1 Å². The topological polar surface area (TPSA) is 61.9 Å². The second kappa shape index (κ2) is 7.56. The molecule has 0 aliphatic carbocycles. The Hall–Kier alpha value is -0.990. The minimum atomic E-state index is -3.38. The van der Waals surface area contributed by atoms with Gasteiger partial charge in [0.2, 0.25) is 0 Å². The highest BCUT2D eigenvalue weighted by molar-refractivity contribution is 7.87. The zero-order valence-corrected chi connectivity index (χ0v) is 16.2. The highest BCUT2D eigenvalue weighted by Crippen LogP contribution is 2.30. The van der Waals surface area contributed by atoms with E-state index >= 15 is 0 Å². The fourth-order valence-corrected chi connectivity index (χ4v) is 5.77. The number of benzene rings is 1. The van der Waals surface area contributed by atoms with Crippen molar-refractivity contribution < 1.29 is 13.2 Å². The number of nitrogens with one attached hydrogen (secondary N) is 1. The van der Waals surface area contributed by atoms with E-state index in [0.29, 0.717) is 31.7 Å². The van der Waals surface area contributed by atoms with Crippen LogP contribution in [-0.4, -0.2) is 62.5 Å². The normalized spacial score (nSPS) is 31.8. The number of hydrogen-bond acceptors (Lipinski definition) is 4. The Morgan fingerprint density at radius 1 is 1.12 bits per heavy atom. The van der Waals surface area contributed by atoms with Crippen LogP contribution < -0.4 is 4.72 Å². The van der Waals surface area contributed by atoms with Crippen molar-refractivity contribution in [3.63, 3.8) is 0 Å². The molecule has 0 amide bonds. The molecule has 144 valence electrons. The van der Waals surface area contributed by atoms with Gasteiger partial charge in [0.05, 0.1) is 12.7 Å². The summed E-state index contributed by atoms with van der Waals surface area (Å²) in [6.45, 7) is 5.72. The molecule has 3 atom stereocenters. The highest BCUT2D eigenvalue weighted by Gasteiger charge is 2.40. The summed E-state index contributed by atoms with van der Waals surface area (Å²) in [5.74, 6) is 0.619. The van der Waals surface area contributed by atoms with Crippen LogP contribution >= 0.6 is 0 Å². The van der Waals surface area contributed by atoms with Gasteiger partial charge >= 0.3 is 0 Å². The van der Waals surface area contributed by atoms with Gasteiger partial charge in [-0.2, -0.15) is 17.4 Å². The number of piperidine rings is 1. The number of rotatable bonds is 4. The molecule has 6 nitrogen and oxygen atoms in total. The summed E-state index contributed by atoms with van der Waals surface area (Å²) in [4.78, 5) is 2.38. The van der Waals surface area contributed by atoms with Gasteiger partial charge in [-0.25, -0.2) is 0 Å².